The second kappa shape index (κ2) is 7.31. The monoisotopic (exact) mass is 313 g/mol. The maximum atomic E-state index is 11.8. The number of nitrogens with zero attached hydrogens (tertiary/aromatic N) is 1. The van der Waals surface area contributed by atoms with Gasteiger partial charge in [-0.05, 0) is 43.7 Å². The van der Waals surface area contributed by atoms with Gasteiger partial charge in [-0.2, -0.15) is 5.10 Å². The number of phenolic OH excluding ortho intramolecular Hbond substituents is 2. The lowest BCUT2D eigenvalue weighted by atomic mass is 10.1. The van der Waals surface area contributed by atoms with E-state index in [1.165, 1.54) is 18.2 Å². The molecule has 2 rings (SSSR count). The number of rotatable bonds is 5. The summed E-state index contributed by atoms with van der Waals surface area (Å²) < 4.78 is 0. The van der Waals surface area contributed by atoms with Crippen LogP contribution in [0.15, 0.2) is 47.6 Å². The fourth-order valence-electron chi connectivity index (χ4n) is 2.01. The normalized spacial score (nSPS) is 11.1. The molecule has 0 heterocycles. The number of benzene rings is 2. The van der Waals surface area contributed by atoms with Crippen molar-refractivity contribution >= 4 is 17.3 Å². The van der Waals surface area contributed by atoms with Crippen LogP contribution in [0.2, 0.25) is 0 Å². The van der Waals surface area contributed by atoms with Crippen LogP contribution in [0, 0.1) is 6.92 Å². The number of hydrogen-bond donors (Lipinski definition) is 4. The molecule has 0 saturated carbocycles. The van der Waals surface area contributed by atoms with E-state index in [9.17, 15) is 15.0 Å². The van der Waals surface area contributed by atoms with Crippen molar-refractivity contribution in [3.05, 3.63) is 53.6 Å². The number of nitrogens with one attached hydrogen (secondary N) is 2. The summed E-state index contributed by atoms with van der Waals surface area (Å²) in [6.45, 7) is 3.66. The minimum absolute atomic E-state index is 0.0138. The van der Waals surface area contributed by atoms with Crippen molar-refractivity contribution < 1.29 is 15.0 Å². The Morgan fingerprint density at radius 2 is 1.91 bits per heavy atom. The molecule has 0 aromatic heterocycles. The van der Waals surface area contributed by atoms with Crippen molar-refractivity contribution in [1.82, 2.24) is 5.43 Å². The highest BCUT2D eigenvalue weighted by atomic mass is 16.3. The maximum Gasteiger partial charge on any atom is 0.259 e. The van der Waals surface area contributed by atoms with Gasteiger partial charge in [0, 0.05) is 11.3 Å². The molecule has 0 saturated heterocycles. The summed E-state index contributed by atoms with van der Waals surface area (Å²) in [4.78, 5) is 11.8. The minimum Gasteiger partial charge on any atom is -0.508 e. The zero-order valence-corrected chi connectivity index (χ0v) is 13.0. The number of amides is 1. The van der Waals surface area contributed by atoms with E-state index in [-0.39, 0.29) is 24.0 Å². The number of hydrazone groups is 1. The Hall–Kier alpha value is -3.02. The smallest absolute Gasteiger partial charge is 0.259 e. The summed E-state index contributed by atoms with van der Waals surface area (Å²) in [7, 11) is 0. The first-order valence-electron chi connectivity index (χ1n) is 7.12. The van der Waals surface area contributed by atoms with Crippen LogP contribution in [-0.4, -0.2) is 28.4 Å². The van der Waals surface area contributed by atoms with Gasteiger partial charge in [-0.3, -0.25) is 4.79 Å². The van der Waals surface area contributed by atoms with E-state index in [1.54, 1.807) is 6.92 Å². The van der Waals surface area contributed by atoms with Crippen molar-refractivity contribution in [2.24, 2.45) is 5.10 Å². The highest BCUT2D eigenvalue weighted by Gasteiger charge is 2.07. The van der Waals surface area contributed by atoms with Gasteiger partial charge in [0.25, 0.3) is 5.91 Å². The van der Waals surface area contributed by atoms with Gasteiger partial charge < -0.3 is 15.5 Å². The molecule has 6 nitrogen and oxygen atoms in total. The van der Waals surface area contributed by atoms with Gasteiger partial charge in [0.15, 0.2) is 0 Å². The molecule has 4 N–H and O–H groups in total. The Kier molecular flexibility index (Phi) is 5.19. The number of carbonyl (C=O) groups is 1. The number of aromatic hydroxyl groups is 2. The van der Waals surface area contributed by atoms with Crippen molar-refractivity contribution in [3.8, 4) is 11.5 Å². The summed E-state index contributed by atoms with van der Waals surface area (Å²) in [6.07, 6.45) is 0. The Labute approximate surface area is 134 Å². The standard InChI is InChI=1S/C17H19N3O3/c1-11-5-3-4-6-15(11)18-10-17(23)20-19-12(2)14-9-13(21)7-8-16(14)22/h3-9,18,21-22H,10H2,1-2H3,(H,20,23)/b19-12-. The van der Waals surface area contributed by atoms with E-state index in [1.807, 2.05) is 31.2 Å². The van der Waals surface area contributed by atoms with Crippen molar-refractivity contribution in [3.63, 3.8) is 0 Å². The van der Waals surface area contributed by atoms with Gasteiger partial charge >= 0.3 is 0 Å². The Balaban J connectivity index is 1.95. The summed E-state index contributed by atoms with van der Waals surface area (Å²) in [5, 5.41) is 26.1. The van der Waals surface area contributed by atoms with Gasteiger partial charge in [-0.1, -0.05) is 18.2 Å². The van der Waals surface area contributed by atoms with E-state index < -0.39 is 0 Å². The van der Waals surface area contributed by atoms with Gasteiger partial charge in [-0.25, -0.2) is 5.43 Å². The number of anilines is 1. The second-order valence-electron chi connectivity index (χ2n) is 5.10. The quantitative estimate of drug-likeness (QED) is 0.387. The molecular weight excluding hydrogens is 294 g/mol. The molecule has 23 heavy (non-hydrogen) atoms. The third kappa shape index (κ3) is 4.47. The number of aryl methyl sites for hydroxylation is 1. The highest BCUT2D eigenvalue weighted by Crippen LogP contribution is 2.22. The predicted molar refractivity (Wildman–Crippen MR) is 89.8 cm³/mol. The lowest BCUT2D eigenvalue weighted by Gasteiger charge is -2.09. The molecule has 0 atom stereocenters. The maximum absolute atomic E-state index is 11.8. The Bertz CT molecular complexity index is 742. The van der Waals surface area contributed by atoms with E-state index in [4.69, 9.17) is 0 Å². The Morgan fingerprint density at radius 1 is 1.17 bits per heavy atom. The zero-order chi connectivity index (χ0) is 16.8. The molecule has 0 bridgehead atoms. The van der Waals surface area contributed by atoms with Crippen molar-refractivity contribution in [1.29, 1.82) is 0 Å². The molecule has 6 heteroatoms. The number of carbonyl (C=O) groups excluding carboxylic acids is 1. The lowest BCUT2D eigenvalue weighted by molar-refractivity contribution is -0.119. The number of hydrogen-bond acceptors (Lipinski definition) is 5. The number of phenols is 2. The van der Waals surface area contributed by atoms with E-state index in [0.717, 1.165) is 11.3 Å². The van der Waals surface area contributed by atoms with Gasteiger partial charge in [-0.15, -0.1) is 0 Å². The molecule has 0 radical (unpaired) electrons. The zero-order valence-electron chi connectivity index (χ0n) is 13.0. The number of para-hydroxylation sites is 1. The van der Waals surface area contributed by atoms with E-state index in [2.05, 4.69) is 15.8 Å². The second-order valence-corrected chi connectivity index (χ2v) is 5.10. The first-order chi connectivity index (χ1) is 11.0. The predicted octanol–water partition coefficient (Wildman–Crippen LogP) is 2.36. The molecule has 2 aromatic carbocycles. The van der Waals surface area contributed by atoms with Gasteiger partial charge in [0.2, 0.25) is 0 Å². The molecule has 0 fully saturated rings. The lowest BCUT2D eigenvalue weighted by Crippen LogP contribution is -2.27. The van der Waals surface area contributed by atoms with Crippen LogP contribution in [0.25, 0.3) is 0 Å². The molecule has 1 amide bonds. The summed E-state index contributed by atoms with van der Waals surface area (Å²) in [6, 6.07) is 11.8. The molecule has 0 aliphatic carbocycles. The summed E-state index contributed by atoms with van der Waals surface area (Å²) in [5.74, 6) is -0.316. The summed E-state index contributed by atoms with van der Waals surface area (Å²) >= 11 is 0. The fourth-order valence-corrected chi connectivity index (χ4v) is 2.01. The third-order valence-corrected chi connectivity index (χ3v) is 3.30. The average Bonchev–Trinajstić information content (AvgIpc) is 2.54. The molecule has 120 valence electrons. The first-order valence-corrected chi connectivity index (χ1v) is 7.12. The fraction of sp³-hybridized carbons (Fsp3) is 0.176. The molecule has 0 aliphatic rings. The average molecular weight is 313 g/mol. The van der Waals surface area contributed by atoms with Crippen LogP contribution < -0.4 is 10.7 Å². The van der Waals surface area contributed by atoms with Crippen LogP contribution >= 0.6 is 0 Å². The molecule has 0 unspecified atom stereocenters. The van der Waals surface area contributed by atoms with Crippen LogP contribution in [0.3, 0.4) is 0 Å². The topological polar surface area (TPSA) is 94.0 Å². The van der Waals surface area contributed by atoms with Gasteiger partial charge in [0.05, 0.1) is 12.3 Å². The van der Waals surface area contributed by atoms with Crippen molar-refractivity contribution in [2.75, 3.05) is 11.9 Å². The van der Waals surface area contributed by atoms with Crippen LogP contribution in [0.4, 0.5) is 5.69 Å². The summed E-state index contributed by atoms with van der Waals surface area (Å²) in [5.41, 5.74) is 5.09. The first kappa shape index (κ1) is 16.4. The SMILES string of the molecule is C/C(=N/NC(=O)CNc1ccccc1C)c1cc(O)ccc1O. The van der Waals surface area contributed by atoms with Crippen LogP contribution in [-0.2, 0) is 4.79 Å². The van der Waals surface area contributed by atoms with E-state index >= 15 is 0 Å². The molecule has 0 spiro atoms. The largest absolute Gasteiger partial charge is 0.508 e. The van der Waals surface area contributed by atoms with Crippen LogP contribution in [0.5, 0.6) is 11.5 Å². The minimum atomic E-state index is -0.313. The third-order valence-electron chi connectivity index (χ3n) is 3.30. The molecule has 0 aliphatic heterocycles. The molecular formula is C17H19N3O3. The Morgan fingerprint density at radius 3 is 2.65 bits per heavy atom. The van der Waals surface area contributed by atoms with Crippen molar-refractivity contribution in [2.45, 2.75) is 13.8 Å². The van der Waals surface area contributed by atoms with E-state index in [0.29, 0.717) is 11.3 Å². The van der Waals surface area contributed by atoms with Gasteiger partial charge in [0.1, 0.15) is 11.5 Å². The molecule has 2 aromatic rings. The van der Waals surface area contributed by atoms with Crippen LogP contribution in [0.1, 0.15) is 18.1 Å². The highest BCUT2D eigenvalue weighted by molar-refractivity contribution is 6.01.